The SMILES string of the molecule is CCSC(C(=O)N[C@@H]1CCO[C@H]1c1ccc(F)c(F)c1)C(C)C. The summed E-state index contributed by atoms with van der Waals surface area (Å²) in [6.07, 6.45) is 0.227. The van der Waals surface area contributed by atoms with Crippen LogP contribution in [0.1, 0.15) is 38.9 Å². The summed E-state index contributed by atoms with van der Waals surface area (Å²) in [5, 5.41) is 2.91. The van der Waals surface area contributed by atoms with Crippen LogP contribution in [-0.2, 0) is 9.53 Å². The van der Waals surface area contributed by atoms with Crippen molar-refractivity contribution in [1.29, 1.82) is 0 Å². The van der Waals surface area contributed by atoms with E-state index in [0.717, 1.165) is 17.9 Å². The first-order valence-corrected chi connectivity index (χ1v) is 8.97. The lowest BCUT2D eigenvalue weighted by molar-refractivity contribution is -0.122. The lowest BCUT2D eigenvalue weighted by atomic mass is 10.0. The number of benzene rings is 1. The highest BCUT2D eigenvalue weighted by molar-refractivity contribution is 8.00. The van der Waals surface area contributed by atoms with Crippen molar-refractivity contribution >= 4 is 17.7 Å². The fourth-order valence-corrected chi connectivity index (χ4v) is 3.73. The van der Waals surface area contributed by atoms with Crippen molar-refractivity contribution in [1.82, 2.24) is 5.32 Å². The number of carbonyl (C=O) groups excluding carboxylic acids is 1. The van der Waals surface area contributed by atoms with Crippen molar-refractivity contribution in [3.8, 4) is 0 Å². The molecule has 1 fully saturated rings. The Bertz CT molecular complexity index is 553. The number of ether oxygens (including phenoxy) is 1. The quantitative estimate of drug-likeness (QED) is 0.856. The number of amides is 1. The van der Waals surface area contributed by atoms with Gasteiger partial charge in [0, 0.05) is 6.61 Å². The highest BCUT2D eigenvalue weighted by Gasteiger charge is 2.33. The Morgan fingerprint density at radius 3 is 2.74 bits per heavy atom. The molecule has 0 aromatic heterocycles. The molecule has 0 bridgehead atoms. The summed E-state index contributed by atoms with van der Waals surface area (Å²) in [7, 11) is 0. The second-order valence-corrected chi connectivity index (χ2v) is 7.41. The van der Waals surface area contributed by atoms with E-state index in [9.17, 15) is 13.6 Å². The maximum absolute atomic E-state index is 13.4. The van der Waals surface area contributed by atoms with Crippen LogP contribution in [0.15, 0.2) is 18.2 Å². The molecule has 6 heteroatoms. The highest BCUT2D eigenvalue weighted by Crippen LogP contribution is 2.31. The van der Waals surface area contributed by atoms with Gasteiger partial charge in [-0.15, -0.1) is 11.8 Å². The van der Waals surface area contributed by atoms with Gasteiger partial charge in [0.2, 0.25) is 5.91 Å². The van der Waals surface area contributed by atoms with Crippen LogP contribution >= 0.6 is 11.8 Å². The zero-order chi connectivity index (χ0) is 17.0. The molecule has 1 aliphatic rings. The van der Waals surface area contributed by atoms with Gasteiger partial charge in [-0.1, -0.05) is 26.8 Å². The van der Waals surface area contributed by atoms with Gasteiger partial charge in [0.1, 0.15) is 6.10 Å². The van der Waals surface area contributed by atoms with Crippen LogP contribution in [-0.4, -0.2) is 29.6 Å². The zero-order valence-electron chi connectivity index (χ0n) is 13.6. The fourth-order valence-electron chi connectivity index (χ4n) is 2.77. The number of carbonyl (C=O) groups is 1. The van der Waals surface area contributed by atoms with Crippen LogP contribution < -0.4 is 5.32 Å². The van der Waals surface area contributed by atoms with Gasteiger partial charge >= 0.3 is 0 Å². The van der Waals surface area contributed by atoms with Crippen LogP contribution in [0.5, 0.6) is 0 Å². The third-order valence-electron chi connectivity index (χ3n) is 3.90. The molecular weight excluding hydrogens is 320 g/mol. The molecule has 0 radical (unpaired) electrons. The summed E-state index contributed by atoms with van der Waals surface area (Å²) in [6.45, 7) is 6.55. The molecule has 1 heterocycles. The molecule has 0 saturated carbocycles. The van der Waals surface area contributed by atoms with E-state index in [1.165, 1.54) is 6.07 Å². The summed E-state index contributed by atoms with van der Waals surface area (Å²) in [4.78, 5) is 12.5. The van der Waals surface area contributed by atoms with E-state index >= 15 is 0 Å². The number of thioether (sulfide) groups is 1. The molecule has 23 heavy (non-hydrogen) atoms. The molecule has 128 valence electrons. The van der Waals surface area contributed by atoms with Crippen LogP contribution in [0.3, 0.4) is 0 Å². The number of rotatable bonds is 6. The van der Waals surface area contributed by atoms with Crippen molar-refractivity contribution in [2.45, 2.75) is 44.6 Å². The highest BCUT2D eigenvalue weighted by atomic mass is 32.2. The third kappa shape index (κ3) is 4.44. The molecule has 0 aliphatic carbocycles. The van der Waals surface area contributed by atoms with Crippen molar-refractivity contribution in [2.75, 3.05) is 12.4 Å². The first-order chi connectivity index (χ1) is 10.9. The Morgan fingerprint density at radius 1 is 1.39 bits per heavy atom. The summed E-state index contributed by atoms with van der Waals surface area (Å²) in [5.41, 5.74) is 0.552. The van der Waals surface area contributed by atoms with Crippen molar-refractivity contribution in [3.05, 3.63) is 35.4 Å². The van der Waals surface area contributed by atoms with Gasteiger partial charge in [0.05, 0.1) is 11.3 Å². The summed E-state index contributed by atoms with van der Waals surface area (Å²) in [6, 6.07) is 3.53. The Kier molecular flexibility index (Phi) is 6.41. The topological polar surface area (TPSA) is 38.3 Å². The molecule has 1 N–H and O–H groups in total. The standard InChI is InChI=1S/C17H23F2NO2S/c1-4-23-16(10(2)3)17(21)20-14-7-8-22-15(14)11-5-6-12(18)13(19)9-11/h5-6,9-10,14-16H,4,7-8H2,1-3H3,(H,20,21)/t14-,15+,16?/m1/s1. The fraction of sp³-hybridized carbons (Fsp3) is 0.588. The van der Waals surface area contributed by atoms with E-state index in [1.54, 1.807) is 11.8 Å². The van der Waals surface area contributed by atoms with Crippen LogP contribution in [0.2, 0.25) is 0 Å². The molecule has 1 aliphatic heterocycles. The van der Waals surface area contributed by atoms with Crippen LogP contribution in [0.25, 0.3) is 0 Å². The van der Waals surface area contributed by atoms with Crippen molar-refractivity contribution in [2.24, 2.45) is 5.92 Å². The second-order valence-electron chi connectivity index (χ2n) is 5.99. The molecule has 0 spiro atoms. The molecular formula is C17H23F2NO2S. The average Bonchev–Trinajstić information content (AvgIpc) is 2.95. The van der Waals surface area contributed by atoms with E-state index < -0.39 is 17.7 Å². The van der Waals surface area contributed by atoms with Gasteiger partial charge in [0.25, 0.3) is 0 Å². The minimum absolute atomic E-state index is 0.0186. The van der Waals surface area contributed by atoms with Crippen molar-refractivity contribution < 1.29 is 18.3 Å². The predicted octanol–water partition coefficient (Wildman–Crippen LogP) is 3.69. The Labute approximate surface area is 140 Å². The Balaban J connectivity index is 2.09. The maximum atomic E-state index is 13.4. The second kappa shape index (κ2) is 8.11. The molecule has 1 amide bonds. The lowest BCUT2D eigenvalue weighted by Crippen LogP contribution is -2.43. The molecule has 1 aromatic rings. The molecule has 2 rings (SSSR count). The first-order valence-electron chi connectivity index (χ1n) is 7.92. The van der Waals surface area contributed by atoms with Gasteiger partial charge in [0.15, 0.2) is 11.6 Å². The number of nitrogens with one attached hydrogen (secondary N) is 1. The Hall–Kier alpha value is -1.14. The smallest absolute Gasteiger partial charge is 0.233 e. The van der Waals surface area contributed by atoms with E-state index in [0.29, 0.717) is 18.6 Å². The molecule has 1 aromatic carbocycles. The van der Waals surface area contributed by atoms with Crippen molar-refractivity contribution in [3.63, 3.8) is 0 Å². The lowest BCUT2D eigenvalue weighted by Gasteiger charge is -2.25. The van der Waals surface area contributed by atoms with E-state index in [1.807, 2.05) is 20.8 Å². The monoisotopic (exact) mass is 343 g/mol. The average molecular weight is 343 g/mol. The number of halogens is 2. The molecule has 3 atom stereocenters. The number of hydrogen-bond acceptors (Lipinski definition) is 3. The molecule has 3 nitrogen and oxygen atoms in total. The number of hydrogen-bond donors (Lipinski definition) is 1. The summed E-state index contributed by atoms with van der Waals surface area (Å²) < 4.78 is 32.2. The van der Waals surface area contributed by atoms with Crippen LogP contribution in [0.4, 0.5) is 8.78 Å². The predicted molar refractivity (Wildman–Crippen MR) is 88.4 cm³/mol. The van der Waals surface area contributed by atoms with E-state index in [-0.39, 0.29) is 23.1 Å². The largest absolute Gasteiger partial charge is 0.371 e. The summed E-state index contributed by atoms with van der Waals surface area (Å²) in [5.74, 6) is -0.709. The first kappa shape index (κ1) is 18.2. The molecule has 1 saturated heterocycles. The summed E-state index contributed by atoms with van der Waals surface area (Å²) >= 11 is 1.61. The zero-order valence-corrected chi connectivity index (χ0v) is 14.5. The normalized spacial score (nSPS) is 22.3. The molecule has 1 unspecified atom stereocenters. The van der Waals surface area contributed by atoms with Gasteiger partial charge in [-0.25, -0.2) is 8.78 Å². The van der Waals surface area contributed by atoms with Crippen LogP contribution in [0, 0.1) is 17.6 Å². The van der Waals surface area contributed by atoms with E-state index in [4.69, 9.17) is 4.74 Å². The van der Waals surface area contributed by atoms with Gasteiger partial charge < -0.3 is 10.1 Å². The van der Waals surface area contributed by atoms with Gasteiger partial charge in [-0.3, -0.25) is 4.79 Å². The minimum atomic E-state index is -0.898. The third-order valence-corrected chi connectivity index (χ3v) is 5.35. The van der Waals surface area contributed by atoms with Gasteiger partial charge in [-0.2, -0.15) is 0 Å². The Morgan fingerprint density at radius 2 is 2.13 bits per heavy atom. The van der Waals surface area contributed by atoms with E-state index in [2.05, 4.69) is 5.32 Å². The van der Waals surface area contributed by atoms with Gasteiger partial charge in [-0.05, 0) is 35.8 Å². The minimum Gasteiger partial charge on any atom is -0.371 e. The maximum Gasteiger partial charge on any atom is 0.233 e.